The second-order valence-electron chi connectivity index (χ2n) is 6.06. The molecule has 0 aromatic heterocycles. The first kappa shape index (κ1) is 15.0. The standard InChI is InChI=1S/C17H21NO4/c19-10-15(20)13-6-7-16-14(8-13)18(17(21)11-22-16)9-12-4-2-1-3-5-12/h6-8,12,19H,1-5,9-11H2. The molecule has 2 aliphatic rings. The molecule has 1 heterocycles. The highest BCUT2D eigenvalue weighted by atomic mass is 16.5. The van der Waals surface area contributed by atoms with Crippen LogP contribution in [0.25, 0.3) is 0 Å². The zero-order valence-corrected chi connectivity index (χ0v) is 12.6. The van der Waals surface area contributed by atoms with Gasteiger partial charge in [-0.2, -0.15) is 0 Å². The maximum absolute atomic E-state index is 12.2. The van der Waals surface area contributed by atoms with Crippen molar-refractivity contribution in [2.75, 3.05) is 24.7 Å². The Kier molecular flexibility index (Phi) is 4.43. The molecule has 0 radical (unpaired) electrons. The second-order valence-corrected chi connectivity index (χ2v) is 6.06. The van der Waals surface area contributed by atoms with E-state index in [1.54, 1.807) is 23.1 Å². The van der Waals surface area contributed by atoms with Gasteiger partial charge in [0.2, 0.25) is 0 Å². The molecule has 5 heteroatoms. The van der Waals surface area contributed by atoms with Crippen LogP contribution in [0.5, 0.6) is 5.75 Å². The fourth-order valence-corrected chi connectivity index (χ4v) is 3.29. The van der Waals surface area contributed by atoms with Crippen molar-refractivity contribution in [3.63, 3.8) is 0 Å². The molecular weight excluding hydrogens is 282 g/mol. The van der Waals surface area contributed by atoms with Gasteiger partial charge in [-0.3, -0.25) is 9.59 Å². The van der Waals surface area contributed by atoms with Crippen molar-refractivity contribution in [3.8, 4) is 5.75 Å². The van der Waals surface area contributed by atoms with E-state index in [9.17, 15) is 9.59 Å². The third-order valence-electron chi connectivity index (χ3n) is 4.53. The minimum Gasteiger partial charge on any atom is -0.482 e. The maximum atomic E-state index is 12.2. The minimum atomic E-state index is -0.532. The molecule has 0 bridgehead atoms. The summed E-state index contributed by atoms with van der Waals surface area (Å²) in [5.41, 5.74) is 1.06. The number of hydrogen-bond acceptors (Lipinski definition) is 4. The molecule has 1 N–H and O–H groups in total. The van der Waals surface area contributed by atoms with Crippen LogP contribution in [0, 0.1) is 5.92 Å². The number of fused-ring (bicyclic) bond motifs is 1. The summed E-state index contributed by atoms with van der Waals surface area (Å²) < 4.78 is 5.46. The van der Waals surface area contributed by atoms with E-state index in [2.05, 4.69) is 0 Å². The van der Waals surface area contributed by atoms with E-state index in [0.29, 0.717) is 29.5 Å². The molecule has 0 atom stereocenters. The molecular formula is C17H21NO4. The fourth-order valence-electron chi connectivity index (χ4n) is 3.29. The van der Waals surface area contributed by atoms with Crippen LogP contribution < -0.4 is 9.64 Å². The van der Waals surface area contributed by atoms with E-state index >= 15 is 0 Å². The number of nitrogens with zero attached hydrogens (tertiary/aromatic N) is 1. The number of aliphatic hydroxyl groups is 1. The molecule has 1 aromatic rings. The molecule has 5 nitrogen and oxygen atoms in total. The third-order valence-corrected chi connectivity index (χ3v) is 4.53. The smallest absolute Gasteiger partial charge is 0.265 e. The largest absolute Gasteiger partial charge is 0.482 e. The van der Waals surface area contributed by atoms with Crippen LogP contribution in [-0.2, 0) is 4.79 Å². The molecule has 1 fully saturated rings. The molecule has 3 rings (SSSR count). The lowest BCUT2D eigenvalue weighted by molar-refractivity contribution is -0.121. The summed E-state index contributed by atoms with van der Waals surface area (Å²) in [5, 5.41) is 9.01. The van der Waals surface area contributed by atoms with Gasteiger partial charge in [-0.1, -0.05) is 19.3 Å². The molecule has 1 aliphatic carbocycles. The first-order valence-corrected chi connectivity index (χ1v) is 7.90. The molecule has 22 heavy (non-hydrogen) atoms. The van der Waals surface area contributed by atoms with Gasteiger partial charge >= 0.3 is 0 Å². The lowest BCUT2D eigenvalue weighted by Gasteiger charge is -2.33. The lowest BCUT2D eigenvalue weighted by atomic mass is 9.88. The highest BCUT2D eigenvalue weighted by molar-refractivity contribution is 6.02. The van der Waals surface area contributed by atoms with Gasteiger partial charge in [-0.25, -0.2) is 0 Å². The number of rotatable bonds is 4. The first-order valence-electron chi connectivity index (χ1n) is 7.90. The van der Waals surface area contributed by atoms with Crippen molar-refractivity contribution < 1.29 is 19.4 Å². The normalized spacial score (nSPS) is 18.8. The number of Topliss-reactive ketones (excluding diaryl/α,β-unsaturated/α-hetero) is 1. The van der Waals surface area contributed by atoms with E-state index in [1.807, 2.05) is 0 Å². The van der Waals surface area contributed by atoms with E-state index in [4.69, 9.17) is 9.84 Å². The van der Waals surface area contributed by atoms with Crippen LogP contribution in [0.15, 0.2) is 18.2 Å². The quantitative estimate of drug-likeness (QED) is 0.866. The van der Waals surface area contributed by atoms with Crippen LogP contribution in [0.3, 0.4) is 0 Å². The number of anilines is 1. The maximum Gasteiger partial charge on any atom is 0.265 e. The van der Waals surface area contributed by atoms with Crippen molar-refractivity contribution in [1.29, 1.82) is 0 Å². The Hall–Kier alpha value is -1.88. The van der Waals surface area contributed by atoms with Gasteiger partial charge < -0.3 is 14.7 Å². The molecule has 1 aromatic carbocycles. The van der Waals surface area contributed by atoms with Gasteiger partial charge in [0.05, 0.1) is 5.69 Å². The molecule has 118 valence electrons. The minimum absolute atomic E-state index is 0.0486. The highest BCUT2D eigenvalue weighted by Crippen LogP contribution is 2.35. The SMILES string of the molecule is O=C(CO)c1ccc2c(c1)N(CC1CCCCC1)C(=O)CO2. The Morgan fingerprint density at radius 3 is 2.77 bits per heavy atom. The fraction of sp³-hybridized carbons (Fsp3) is 0.529. The summed E-state index contributed by atoms with van der Waals surface area (Å²) in [7, 11) is 0. The van der Waals surface area contributed by atoms with E-state index in [1.165, 1.54) is 19.3 Å². The molecule has 1 saturated carbocycles. The predicted octanol–water partition coefficient (Wildman–Crippen LogP) is 2.17. The summed E-state index contributed by atoms with van der Waals surface area (Å²) in [4.78, 5) is 25.7. The van der Waals surface area contributed by atoms with Crippen LogP contribution >= 0.6 is 0 Å². The highest BCUT2D eigenvalue weighted by Gasteiger charge is 2.29. The predicted molar refractivity (Wildman–Crippen MR) is 82.3 cm³/mol. The van der Waals surface area contributed by atoms with Crippen molar-refractivity contribution in [2.45, 2.75) is 32.1 Å². The second kappa shape index (κ2) is 6.48. The molecule has 1 aliphatic heterocycles. The van der Waals surface area contributed by atoms with Crippen molar-refractivity contribution in [1.82, 2.24) is 0 Å². The van der Waals surface area contributed by atoms with Gasteiger partial charge in [-0.05, 0) is 37.0 Å². The number of carbonyl (C=O) groups is 2. The van der Waals surface area contributed by atoms with E-state index in [-0.39, 0.29) is 18.3 Å². The van der Waals surface area contributed by atoms with Gasteiger partial charge in [0.25, 0.3) is 5.91 Å². The molecule has 1 amide bonds. The van der Waals surface area contributed by atoms with Crippen LogP contribution in [0.2, 0.25) is 0 Å². The van der Waals surface area contributed by atoms with E-state index < -0.39 is 6.61 Å². The monoisotopic (exact) mass is 303 g/mol. The van der Waals surface area contributed by atoms with Gasteiger partial charge in [-0.15, -0.1) is 0 Å². The Morgan fingerprint density at radius 1 is 1.27 bits per heavy atom. The number of ketones is 1. The summed E-state index contributed by atoms with van der Waals surface area (Å²) in [5.74, 6) is 0.732. The molecule has 0 saturated heterocycles. The zero-order chi connectivity index (χ0) is 15.5. The summed E-state index contributed by atoms with van der Waals surface area (Å²) in [6.45, 7) is 0.204. The lowest BCUT2D eigenvalue weighted by Crippen LogP contribution is -2.42. The Morgan fingerprint density at radius 2 is 2.05 bits per heavy atom. The molecule has 0 spiro atoms. The van der Waals surface area contributed by atoms with Crippen molar-refractivity contribution in [3.05, 3.63) is 23.8 Å². The third kappa shape index (κ3) is 2.99. The van der Waals surface area contributed by atoms with Gasteiger partial charge in [0.15, 0.2) is 12.4 Å². The van der Waals surface area contributed by atoms with Gasteiger partial charge in [0.1, 0.15) is 12.4 Å². The Bertz CT molecular complexity index is 578. The zero-order valence-electron chi connectivity index (χ0n) is 12.6. The average molecular weight is 303 g/mol. The number of aliphatic hydroxyl groups excluding tert-OH is 1. The number of carbonyl (C=O) groups excluding carboxylic acids is 2. The van der Waals surface area contributed by atoms with Crippen molar-refractivity contribution >= 4 is 17.4 Å². The summed E-state index contributed by atoms with van der Waals surface area (Å²) in [6, 6.07) is 5.00. The number of amides is 1. The summed E-state index contributed by atoms with van der Waals surface area (Å²) in [6.07, 6.45) is 6.02. The van der Waals surface area contributed by atoms with Crippen molar-refractivity contribution in [2.24, 2.45) is 5.92 Å². The van der Waals surface area contributed by atoms with E-state index in [0.717, 1.165) is 12.8 Å². The Balaban J connectivity index is 1.87. The first-order chi connectivity index (χ1) is 10.7. The van der Waals surface area contributed by atoms with Gasteiger partial charge in [0, 0.05) is 12.1 Å². The summed E-state index contributed by atoms with van der Waals surface area (Å²) >= 11 is 0. The average Bonchev–Trinajstić information content (AvgIpc) is 2.57. The topological polar surface area (TPSA) is 66.8 Å². The molecule has 0 unspecified atom stereocenters. The van der Waals surface area contributed by atoms with Crippen LogP contribution in [0.1, 0.15) is 42.5 Å². The van der Waals surface area contributed by atoms with Crippen LogP contribution in [0.4, 0.5) is 5.69 Å². The van der Waals surface area contributed by atoms with Crippen LogP contribution in [-0.4, -0.2) is 36.6 Å². The number of benzene rings is 1. The Labute approximate surface area is 129 Å². The number of hydrogen-bond donors (Lipinski definition) is 1. The number of ether oxygens (including phenoxy) is 1.